The van der Waals surface area contributed by atoms with Crippen molar-refractivity contribution >= 4 is 37.3 Å². The number of rotatable bonds is 4. The number of halogens is 1. The molecule has 0 aliphatic carbocycles. The Morgan fingerprint density at radius 1 is 1.21 bits per heavy atom. The summed E-state index contributed by atoms with van der Waals surface area (Å²) in [5, 5.41) is 4.24. The molecule has 3 rings (SSSR count). The second kappa shape index (κ2) is 6.87. The van der Waals surface area contributed by atoms with Crippen molar-refractivity contribution < 1.29 is 8.42 Å². The van der Waals surface area contributed by atoms with Crippen LogP contribution in [0.3, 0.4) is 0 Å². The Balaban J connectivity index is 1.69. The van der Waals surface area contributed by atoms with Gasteiger partial charge in [-0.25, -0.2) is 8.42 Å². The summed E-state index contributed by atoms with van der Waals surface area (Å²) < 4.78 is 30.3. The molecule has 9 heteroatoms. The minimum atomic E-state index is -3.48. The van der Waals surface area contributed by atoms with Gasteiger partial charge >= 0.3 is 0 Å². The fraction of sp³-hybridized carbons (Fsp3) is 0.533. The second-order valence-corrected chi connectivity index (χ2v) is 10.4. The number of sulfonamides is 1. The Morgan fingerprint density at radius 2 is 1.88 bits per heavy atom. The largest absolute Gasteiger partial charge is 0.296 e. The maximum atomic E-state index is 13.0. The third-order valence-corrected chi connectivity index (χ3v) is 8.14. The first-order valence-electron chi connectivity index (χ1n) is 7.76. The van der Waals surface area contributed by atoms with Crippen molar-refractivity contribution in [2.24, 2.45) is 7.05 Å². The van der Waals surface area contributed by atoms with Crippen LogP contribution in [0.2, 0.25) is 0 Å². The van der Waals surface area contributed by atoms with Crippen LogP contribution in [0.1, 0.15) is 16.3 Å². The Kier molecular flexibility index (Phi) is 5.17. The fourth-order valence-corrected chi connectivity index (χ4v) is 6.39. The first-order valence-corrected chi connectivity index (χ1v) is 10.8. The molecule has 2 aromatic heterocycles. The molecule has 0 aromatic carbocycles. The van der Waals surface area contributed by atoms with Gasteiger partial charge in [0.25, 0.3) is 0 Å². The molecule has 3 heterocycles. The Hall–Kier alpha value is -0.740. The average molecular weight is 433 g/mol. The highest BCUT2D eigenvalue weighted by Gasteiger charge is 2.32. The molecule has 24 heavy (non-hydrogen) atoms. The van der Waals surface area contributed by atoms with Crippen LogP contribution in [0, 0.1) is 13.8 Å². The van der Waals surface area contributed by atoms with Crippen molar-refractivity contribution in [3.8, 4) is 0 Å². The highest BCUT2D eigenvalue weighted by atomic mass is 79.9. The molecule has 1 aliphatic rings. The van der Waals surface area contributed by atoms with Crippen molar-refractivity contribution in [2.45, 2.75) is 25.3 Å². The number of aryl methyl sites for hydroxylation is 2. The molecule has 0 saturated carbocycles. The predicted octanol–water partition coefficient (Wildman–Crippen LogP) is 2.37. The third-order valence-electron chi connectivity index (χ3n) is 4.38. The number of nitrogens with zero attached hydrogens (tertiary/aromatic N) is 4. The highest BCUT2D eigenvalue weighted by Crippen LogP contribution is 2.26. The van der Waals surface area contributed by atoms with E-state index in [1.165, 1.54) is 4.88 Å². The average Bonchev–Trinajstić information content (AvgIpc) is 3.03. The van der Waals surface area contributed by atoms with E-state index in [4.69, 9.17) is 0 Å². The topological polar surface area (TPSA) is 58.4 Å². The standard InChI is InChI=1S/C15H21BrN4O2S2/c1-11-15(12(2)18(3)17-11)24(21,22)20-8-6-19(7-9-20)10-13-4-5-14(16)23-13/h4-5H,6-10H2,1-3H3. The first-order chi connectivity index (χ1) is 11.3. The summed E-state index contributed by atoms with van der Waals surface area (Å²) in [6.45, 7) is 6.95. The van der Waals surface area contributed by atoms with Gasteiger partial charge in [-0.15, -0.1) is 11.3 Å². The van der Waals surface area contributed by atoms with Gasteiger partial charge in [0.2, 0.25) is 10.0 Å². The van der Waals surface area contributed by atoms with Gasteiger partial charge in [0.05, 0.1) is 15.2 Å². The first kappa shape index (κ1) is 18.1. The van der Waals surface area contributed by atoms with E-state index < -0.39 is 10.0 Å². The van der Waals surface area contributed by atoms with E-state index in [2.05, 4.69) is 38.1 Å². The van der Waals surface area contributed by atoms with E-state index in [-0.39, 0.29) is 0 Å². The Labute approximate surface area is 155 Å². The van der Waals surface area contributed by atoms with Gasteiger partial charge in [0.1, 0.15) is 4.90 Å². The zero-order valence-electron chi connectivity index (χ0n) is 14.0. The lowest BCUT2D eigenvalue weighted by molar-refractivity contribution is 0.183. The van der Waals surface area contributed by atoms with Crippen LogP contribution in [-0.4, -0.2) is 53.6 Å². The molecular weight excluding hydrogens is 412 g/mol. The lowest BCUT2D eigenvalue weighted by Crippen LogP contribution is -2.48. The highest BCUT2D eigenvalue weighted by molar-refractivity contribution is 9.11. The lowest BCUT2D eigenvalue weighted by atomic mass is 10.3. The molecule has 1 saturated heterocycles. The van der Waals surface area contributed by atoms with Crippen molar-refractivity contribution in [1.29, 1.82) is 0 Å². The molecule has 1 aliphatic heterocycles. The van der Waals surface area contributed by atoms with Gasteiger partial charge in [-0.05, 0) is 41.9 Å². The quantitative estimate of drug-likeness (QED) is 0.743. The normalized spacial score (nSPS) is 17.5. The maximum Gasteiger partial charge on any atom is 0.246 e. The summed E-state index contributed by atoms with van der Waals surface area (Å²) in [5.74, 6) is 0. The number of hydrogen-bond donors (Lipinski definition) is 0. The zero-order valence-corrected chi connectivity index (χ0v) is 17.2. The molecule has 0 spiro atoms. The van der Waals surface area contributed by atoms with Gasteiger partial charge in [0, 0.05) is 44.6 Å². The molecule has 0 N–H and O–H groups in total. The van der Waals surface area contributed by atoms with Crippen LogP contribution in [0.4, 0.5) is 0 Å². The van der Waals surface area contributed by atoms with Crippen molar-refractivity contribution in [3.63, 3.8) is 0 Å². The summed E-state index contributed by atoms with van der Waals surface area (Å²) in [6, 6.07) is 4.16. The monoisotopic (exact) mass is 432 g/mol. The summed E-state index contributed by atoms with van der Waals surface area (Å²) >= 11 is 5.20. The van der Waals surface area contributed by atoms with Crippen LogP contribution < -0.4 is 0 Å². The summed E-state index contributed by atoms with van der Waals surface area (Å²) in [7, 11) is -1.70. The van der Waals surface area contributed by atoms with Crippen LogP contribution >= 0.6 is 27.3 Å². The molecule has 132 valence electrons. The van der Waals surface area contributed by atoms with Crippen LogP contribution in [0.5, 0.6) is 0 Å². The lowest BCUT2D eigenvalue weighted by Gasteiger charge is -2.33. The summed E-state index contributed by atoms with van der Waals surface area (Å²) in [4.78, 5) is 3.95. The van der Waals surface area contributed by atoms with Crippen LogP contribution in [-0.2, 0) is 23.6 Å². The number of hydrogen-bond acceptors (Lipinski definition) is 5. The van der Waals surface area contributed by atoms with Crippen LogP contribution in [0.25, 0.3) is 0 Å². The molecule has 2 aromatic rings. The van der Waals surface area contributed by atoms with Crippen LogP contribution in [0.15, 0.2) is 20.8 Å². The zero-order chi connectivity index (χ0) is 17.5. The van der Waals surface area contributed by atoms with Gasteiger partial charge < -0.3 is 0 Å². The van der Waals surface area contributed by atoms with Crippen molar-refractivity contribution in [3.05, 3.63) is 32.2 Å². The molecule has 0 amide bonds. The molecular formula is C15H21BrN4O2S2. The van der Waals surface area contributed by atoms with E-state index >= 15 is 0 Å². The number of thiophene rings is 1. The minimum Gasteiger partial charge on any atom is -0.296 e. The second-order valence-electron chi connectivity index (χ2n) is 6.01. The van der Waals surface area contributed by atoms with Crippen molar-refractivity contribution in [1.82, 2.24) is 19.0 Å². The number of aromatic nitrogens is 2. The SMILES string of the molecule is Cc1nn(C)c(C)c1S(=O)(=O)N1CCN(Cc2ccc(Br)s2)CC1. The molecule has 0 atom stereocenters. The predicted molar refractivity (Wildman–Crippen MR) is 98.7 cm³/mol. The van der Waals surface area contributed by atoms with Gasteiger partial charge in [-0.1, -0.05) is 0 Å². The van der Waals surface area contributed by atoms with E-state index in [1.807, 2.05) is 0 Å². The molecule has 6 nitrogen and oxygen atoms in total. The van der Waals surface area contributed by atoms with Crippen molar-refractivity contribution in [2.75, 3.05) is 26.2 Å². The Morgan fingerprint density at radius 3 is 2.38 bits per heavy atom. The van der Waals surface area contributed by atoms with Gasteiger partial charge in [-0.2, -0.15) is 9.40 Å². The molecule has 0 radical (unpaired) electrons. The molecule has 0 unspecified atom stereocenters. The Bertz CT molecular complexity index is 836. The summed E-state index contributed by atoms with van der Waals surface area (Å²) in [5.41, 5.74) is 1.26. The maximum absolute atomic E-state index is 13.0. The smallest absolute Gasteiger partial charge is 0.246 e. The van der Waals surface area contributed by atoms with E-state index in [1.54, 1.807) is 41.2 Å². The number of piperazine rings is 1. The minimum absolute atomic E-state index is 0.362. The fourth-order valence-electron chi connectivity index (χ4n) is 3.04. The van der Waals surface area contributed by atoms with E-state index in [0.29, 0.717) is 29.4 Å². The van der Waals surface area contributed by atoms with E-state index in [9.17, 15) is 8.42 Å². The molecule has 0 bridgehead atoms. The van der Waals surface area contributed by atoms with E-state index in [0.717, 1.165) is 23.4 Å². The van der Waals surface area contributed by atoms with Gasteiger partial charge in [-0.3, -0.25) is 9.58 Å². The summed E-state index contributed by atoms with van der Waals surface area (Å²) in [6.07, 6.45) is 0. The molecule has 1 fully saturated rings. The third kappa shape index (κ3) is 3.45. The van der Waals surface area contributed by atoms with Gasteiger partial charge in [0.15, 0.2) is 0 Å².